The van der Waals surface area contributed by atoms with Crippen molar-refractivity contribution in [1.82, 2.24) is 9.80 Å². The monoisotopic (exact) mass is 228 g/mol. The van der Waals surface area contributed by atoms with Gasteiger partial charge in [-0.05, 0) is 33.2 Å². The number of carboxylic acid groups (broad SMARTS) is 1. The normalized spacial score (nSPS) is 21.0. The van der Waals surface area contributed by atoms with Gasteiger partial charge in [0.05, 0.1) is 6.54 Å². The fourth-order valence-corrected chi connectivity index (χ4v) is 2.15. The molecule has 1 aliphatic rings. The Balaban J connectivity index is 2.53. The molecule has 1 amide bonds. The van der Waals surface area contributed by atoms with E-state index >= 15 is 0 Å². The van der Waals surface area contributed by atoms with Gasteiger partial charge in [0.25, 0.3) is 0 Å². The molecule has 0 bridgehead atoms. The Morgan fingerprint density at radius 3 is 2.50 bits per heavy atom. The van der Waals surface area contributed by atoms with Crippen molar-refractivity contribution in [3.63, 3.8) is 0 Å². The van der Waals surface area contributed by atoms with Crippen molar-refractivity contribution in [2.45, 2.75) is 32.7 Å². The first-order valence-electron chi connectivity index (χ1n) is 5.84. The number of hydrogen-bond donors (Lipinski definition) is 1. The molecule has 0 unspecified atom stereocenters. The number of aliphatic carboxylic acids is 1. The number of rotatable bonds is 5. The van der Waals surface area contributed by atoms with Crippen molar-refractivity contribution in [2.24, 2.45) is 0 Å². The summed E-state index contributed by atoms with van der Waals surface area (Å²) in [6, 6.07) is -0.473. The predicted octanol–water partition coefficient (Wildman–Crippen LogP) is 0.404. The van der Waals surface area contributed by atoms with Gasteiger partial charge < -0.3 is 10.0 Å². The van der Waals surface area contributed by atoms with Crippen molar-refractivity contribution in [3.8, 4) is 0 Å². The number of likely N-dealkylation sites (N-methyl/N-ethyl adjacent to an activating group) is 1. The van der Waals surface area contributed by atoms with Crippen LogP contribution in [0.1, 0.15) is 26.7 Å². The van der Waals surface area contributed by atoms with Crippen molar-refractivity contribution in [3.05, 3.63) is 0 Å². The Morgan fingerprint density at radius 1 is 1.38 bits per heavy atom. The van der Waals surface area contributed by atoms with E-state index in [2.05, 4.69) is 0 Å². The number of hydrogen-bond acceptors (Lipinski definition) is 3. The minimum absolute atomic E-state index is 0.0261. The standard InChI is InChI=1S/C11H20N2O3/c1-3-12(4-2)10(14)8-13-7-5-6-9(13)11(15)16/h9H,3-8H2,1-2H3,(H,15,16)/t9-/m1/s1. The Bertz CT molecular complexity index is 264. The van der Waals surface area contributed by atoms with Crippen LogP contribution in [0.25, 0.3) is 0 Å². The molecule has 5 heteroatoms. The van der Waals surface area contributed by atoms with E-state index in [1.165, 1.54) is 0 Å². The van der Waals surface area contributed by atoms with E-state index in [0.29, 0.717) is 26.1 Å². The maximum absolute atomic E-state index is 11.8. The van der Waals surface area contributed by atoms with Gasteiger partial charge in [-0.25, -0.2) is 0 Å². The highest BCUT2D eigenvalue weighted by Crippen LogP contribution is 2.17. The average Bonchev–Trinajstić information content (AvgIpc) is 2.67. The molecule has 1 fully saturated rings. The maximum atomic E-state index is 11.8. The van der Waals surface area contributed by atoms with E-state index in [4.69, 9.17) is 5.11 Å². The van der Waals surface area contributed by atoms with E-state index in [9.17, 15) is 9.59 Å². The smallest absolute Gasteiger partial charge is 0.320 e. The number of carbonyl (C=O) groups is 2. The molecule has 1 aliphatic heterocycles. The third-order valence-corrected chi connectivity index (χ3v) is 3.10. The summed E-state index contributed by atoms with van der Waals surface area (Å²) in [6.45, 7) is 6.17. The SMILES string of the molecule is CCN(CC)C(=O)CN1CCC[C@@H]1C(=O)O. The Morgan fingerprint density at radius 2 is 2.00 bits per heavy atom. The van der Waals surface area contributed by atoms with E-state index in [-0.39, 0.29) is 12.5 Å². The lowest BCUT2D eigenvalue weighted by Crippen LogP contribution is -2.44. The van der Waals surface area contributed by atoms with Crippen molar-refractivity contribution >= 4 is 11.9 Å². The van der Waals surface area contributed by atoms with Crippen LogP contribution in [0.15, 0.2) is 0 Å². The van der Waals surface area contributed by atoms with Crippen molar-refractivity contribution in [1.29, 1.82) is 0 Å². The highest BCUT2D eigenvalue weighted by molar-refractivity contribution is 5.80. The van der Waals surface area contributed by atoms with Crippen LogP contribution >= 0.6 is 0 Å². The molecule has 1 rings (SSSR count). The van der Waals surface area contributed by atoms with Crippen LogP contribution in [0.5, 0.6) is 0 Å². The first-order chi connectivity index (χ1) is 7.60. The fourth-order valence-electron chi connectivity index (χ4n) is 2.15. The molecular weight excluding hydrogens is 208 g/mol. The van der Waals surface area contributed by atoms with Crippen LogP contribution < -0.4 is 0 Å². The minimum atomic E-state index is -0.815. The van der Waals surface area contributed by atoms with Gasteiger partial charge in [-0.3, -0.25) is 14.5 Å². The molecule has 1 saturated heterocycles. The topological polar surface area (TPSA) is 60.9 Å². The second kappa shape index (κ2) is 5.84. The van der Waals surface area contributed by atoms with Gasteiger partial charge in [0.1, 0.15) is 6.04 Å². The lowest BCUT2D eigenvalue weighted by molar-refractivity contribution is -0.143. The minimum Gasteiger partial charge on any atom is -0.480 e. The highest BCUT2D eigenvalue weighted by Gasteiger charge is 2.32. The summed E-state index contributed by atoms with van der Waals surface area (Å²) in [4.78, 5) is 26.3. The summed E-state index contributed by atoms with van der Waals surface area (Å²) in [7, 11) is 0. The molecular formula is C11H20N2O3. The number of likely N-dealkylation sites (tertiary alicyclic amines) is 1. The Kier molecular flexibility index (Phi) is 4.73. The summed E-state index contributed by atoms with van der Waals surface area (Å²) in [5.74, 6) is -0.789. The van der Waals surface area contributed by atoms with Crippen LogP contribution in [-0.4, -0.2) is 59.0 Å². The van der Waals surface area contributed by atoms with Crippen LogP contribution in [0.2, 0.25) is 0 Å². The first kappa shape index (κ1) is 13.0. The van der Waals surface area contributed by atoms with Crippen molar-refractivity contribution < 1.29 is 14.7 Å². The largest absolute Gasteiger partial charge is 0.480 e. The average molecular weight is 228 g/mol. The van der Waals surface area contributed by atoms with Gasteiger partial charge in [-0.15, -0.1) is 0 Å². The summed E-state index contributed by atoms with van der Waals surface area (Å²) in [6.07, 6.45) is 1.52. The van der Waals surface area contributed by atoms with E-state index in [0.717, 1.165) is 6.42 Å². The zero-order valence-corrected chi connectivity index (χ0v) is 9.98. The van der Waals surface area contributed by atoms with E-state index in [1.54, 1.807) is 9.80 Å². The molecule has 1 heterocycles. The number of carbonyl (C=O) groups excluding carboxylic acids is 1. The van der Waals surface area contributed by atoms with Gasteiger partial charge in [-0.2, -0.15) is 0 Å². The van der Waals surface area contributed by atoms with Gasteiger partial charge >= 0.3 is 5.97 Å². The van der Waals surface area contributed by atoms with Crippen LogP contribution in [-0.2, 0) is 9.59 Å². The van der Waals surface area contributed by atoms with Crippen molar-refractivity contribution in [2.75, 3.05) is 26.2 Å². The molecule has 0 aliphatic carbocycles. The van der Waals surface area contributed by atoms with Gasteiger partial charge in [0.2, 0.25) is 5.91 Å². The third-order valence-electron chi connectivity index (χ3n) is 3.10. The molecule has 92 valence electrons. The molecule has 1 atom stereocenters. The number of amides is 1. The summed E-state index contributed by atoms with van der Waals surface area (Å²) >= 11 is 0. The van der Waals surface area contributed by atoms with Gasteiger partial charge in [-0.1, -0.05) is 0 Å². The second-order valence-corrected chi connectivity index (χ2v) is 4.03. The van der Waals surface area contributed by atoms with Gasteiger partial charge in [0.15, 0.2) is 0 Å². The molecule has 0 saturated carbocycles. The lowest BCUT2D eigenvalue weighted by atomic mass is 10.2. The van der Waals surface area contributed by atoms with Crippen LogP contribution in [0, 0.1) is 0 Å². The highest BCUT2D eigenvalue weighted by atomic mass is 16.4. The zero-order chi connectivity index (χ0) is 12.1. The predicted molar refractivity (Wildman–Crippen MR) is 60.2 cm³/mol. The molecule has 0 aromatic carbocycles. The zero-order valence-electron chi connectivity index (χ0n) is 9.98. The van der Waals surface area contributed by atoms with Gasteiger partial charge in [0, 0.05) is 13.1 Å². The molecule has 5 nitrogen and oxygen atoms in total. The quantitative estimate of drug-likeness (QED) is 0.740. The van der Waals surface area contributed by atoms with E-state index in [1.807, 2.05) is 13.8 Å². The molecule has 1 N–H and O–H groups in total. The lowest BCUT2D eigenvalue weighted by Gasteiger charge is -2.25. The molecule has 16 heavy (non-hydrogen) atoms. The number of nitrogens with zero attached hydrogens (tertiary/aromatic N) is 2. The molecule has 0 aromatic heterocycles. The molecule has 0 aromatic rings. The molecule has 0 radical (unpaired) electrons. The Hall–Kier alpha value is -1.10. The third kappa shape index (κ3) is 2.95. The number of carboxylic acids is 1. The summed E-state index contributed by atoms with van der Waals surface area (Å²) < 4.78 is 0. The fraction of sp³-hybridized carbons (Fsp3) is 0.818. The maximum Gasteiger partial charge on any atom is 0.320 e. The first-order valence-corrected chi connectivity index (χ1v) is 5.84. The van der Waals surface area contributed by atoms with E-state index < -0.39 is 12.0 Å². The second-order valence-electron chi connectivity index (χ2n) is 4.03. The summed E-state index contributed by atoms with van der Waals surface area (Å²) in [5.41, 5.74) is 0. The molecule has 0 spiro atoms. The van der Waals surface area contributed by atoms with Crippen LogP contribution in [0.3, 0.4) is 0 Å². The summed E-state index contributed by atoms with van der Waals surface area (Å²) in [5, 5.41) is 8.98. The van der Waals surface area contributed by atoms with Crippen LogP contribution in [0.4, 0.5) is 0 Å². The Labute approximate surface area is 96.0 Å².